The average Bonchev–Trinajstić information content (AvgIpc) is 3.38. The van der Waals surface area contributed by atoms with E-state index < -0.39 is 17.7 Å². The van der Waals surface area contributed by atoms with E-state index in [-0.39, 0.29) is 11.3 Å². The molecule has 1 aliphatic rings. The molecule has 1 atom stereocenters. The average molecular weight is 458 g/mol. The monoisotopic (exact) mass is 457 g/mol. The van der Waals surface area contributed by atoms with E-state index >= 15 is 0 Å². The standard InChI is InChI=1S/C25H19N3O4S/c1-2-32-17-8-9-18-19(14-17)33-25(27-18)28-21(15-10-12-26-13-11-15)20(23(30)24(28)31)22(29)16-6-4-3-5-7-16/h3-14,21,29H,2H2,1H3. The number of nitrogens with zero attached hydrogens (tertiary/aromatic N) is 3. The fourth-order valence-electron chi connectivity index (χ4n) is 3.89. The lowest BCUT2D eigenvalue weighted by Crippen LogP contribution is -2.29. The van der Waals surface area contributed by atoms with Crippen LogP contribution in [-0.4, -0.2) is 33.4 Å². The fourth-order valence-corrected chi connectivity index (χ4v) is 4.92. The number of amides is 1. The molecule has 33 heavy (non-hydrogen) atoms. The van der Waals surface area contributed by atoms with Crippen molar-refractivity contribution in [2.24, 2.45) is 0 Å². The van der Waals surface area contributed by atoms with Gasteiger partial charge in [0.05, 0.1) is 28.4 Å². The Kier molecular flexibility index (Phi) is 5.35. The van der Waals surface area contributed by atoms with E-state index in [2.05, 4.69) is 9.97 Å². The molecular weight excluding hydrogens is 438 g/mol. The normalized spacial score (nSPS) is 17.6. The Morgan fingerprint density at radius 1 is 1.09 bits per heavy atom. The Bertz CT molecular complexity index is 1380. The zero-order valence-corrected chi connectivity index (χ0v) is 18.5. The van der Waals surface area contributed by atoms with Crippen molar-refractivity contribution < 1.29 is 19.4 Å². The largest absolute Gasteiger partial charge is 0.507 e. The molecule has 5 rings (SSSR count). The van der Waals surface area contributed by atoms with Gasteiger partial charge >= 0.3 is 5.91 Å². The minimum atomic E-state index is -0.833. The summed E-state index contributed by atoms with van der Waals surface area (Å²) >= 11 is 1.29. The molecule has 0 saturated carbocycles. The Hall–Kier alpha value is -4.04. The van der Waals surface area contributed by atoms with Gasteiger partial charge in [0, 0.05) is 18.0 Å². The molecule has 1 amide bonds. The zero-order valence-electron chi connectivity index (χ0n) is 17.6. The smallest absolute Gasteiger partial charge is 0.301 e. The number of ether oxygens (including phenoxy) is 1. The molecule has 164 valence electrons. The number of aliphatic hydroxyl groups excluding tert-OH is 1. The number of carbonyl (C=O) groups is 2. The van der Waals surface area contributed by atoms with Gasteiger partial charge in [0.25, 0.3) is 5.78 Å². The molecule has 0 spiro atoms. The fraction of sp³-hybridized carbons (Fsp3) is 0.120. The summed E-state index contributed by atoms with van der Waals surface area (Å²) in [7, 11) is 0. The lowest BCUT2D eigenvalue weighted by Gasteiger charge is -2.22. The van der Waals surface area contributed by atoms with Crippen LogP contribution in [0.25, 0.3) is 16.0 Å². The van der Waals surface area contributed by atoms with Crippen LogP contribution in [0.2, 0.25) is 0 Å². The number of ketones is 1. The van der Waals surface area contributed by atoms with Crippen molar-refractivity contribution in [2.45, 2.75) is 13.0 Å². The lowest BCUT2D eigenvalue weighted by atomic mass is 9.96. The number of pyridine rings is 1. The van der Waals surface area contributed by atoms with Crippen molar-refractivity contribution in [3.05, 3.63) is 89.8 Å². The summed E-state index contributed by atoms with van der Waals surface area (Å²) in [5.41, 5.74) is 1.82. The third kappa shape index (κ3) is 3.64. The maximum Gasteiger partial charge on any atom is 0.301 e. The van der Waals surface area contributed by atoms with Gasteiger partial charge < -0.3 is 9.84 Å². The summed E-state index contributed by atoms with van der Waals surface area (Å²) in [6.45, 7) is 2.44. The minimum absolute atomic E-state index is 0.0201. The van der Waals surface area contributed by atoms with Crippen molar-refractivity contribution in [1.29, 1.82) is 0 Å². The van der Waals surface area contributed by atoms with E-state index in [0.717, 1.165) is 4.70 Å². The van der Waals surface area contributed by atoms with Gasteiger partial charge in [-0.3, -0.25) is 19.5 Å². The minimum Gasteiger partial charge on any atom is -0.507 e. The van der Waals surface area contributed by atoms with Crippen LogP contribution in [0.15, 0.2) is 78.6 Å². The maximum absolute atomic E-state index is 13.2. The van der Waals surface area contributed by atoms with Crippen LogP contribution in [0, 0.1) is 0 Å². The van der Waals surface area contributed by atoms with Crippen molar-refractivity contribution in [3.8, 4) is 5.75 Å². The second kappa shape index (κ2) is 8.48. The number of anilines is 1. The van der Waals surface area contributed by atoms with E-state index in [1.807, 2.05) is 31.2 Å². The molecule has 4 aromatic rings. The topological polar surface area (TPSA) is 92.6 Å². The number of hydrogen-bond acceptors (Lipinski definition) is 7. The van der Waals surface area contributed by atoms with Crippen LogP contribution in [-0.2, 0) is 9.59 Å². The first-order valence-electron chi connectivity index (χ1n) is 10.4. The number of hydrogen-bond donors (Lipinski definition) is 1. The molecule has 2 aromatic heterocycles. The van der Waals surface area contributed by atoms with Crippen LogP contribution >= 0.6 is 11.3 Å². The van der Waals surface area contributed by atoms with Crippen LogP contribution in [0.3, 0.4) is 0 Å². The Labute approximate surface area is 193 Å². The maximum atomic E-state index is 13.2. The highest BCUT2D eigenvalue weighted by Gasteiger charge is 2.48. The molecule has 1 saturated heterocycles. The first-order valence-corrected chi connectivity index (χ1v) is 11.2. The molecule has 0 bridgehead atoms. The highest BCUT2D eigenvalue weighted by atomic mass is 32.1. The molecular formula is C25H19N3O4S. The zero-order chi connectivity index (χ0) is 22.9. The Balaban J connectivity index is 1.69. The Morgan fingerprint density at radius 3 is 2.58 bits per heavy atom. The van der Waals surface area contributed by atoms with Crippen LogP contribution in [0.1, 0.15) is 24.1 Å². The van der Waals surface area contributed by atoms with Crippen molar-refractivity contribution in [1.82, 2.24) is 9.97 Å². The third-order valence-corrected chi connectivity index (χ3v) is 6.40. The number of fused-ring (bicyclic) bond motifs is 1. The molecule has 3 heterocycles. The van der Waals surface area contributed by atoms with E-state index in [4.69, 9.17) is 4.74 Å². The summed E-state index contributed by atoms with van der Waals surface area (Å²) in [5, 5.41) is 11.4. The van der Waals surface area contributed by atoms with Gasteiger partial charge in [-0.05, 0) is 42.8 Å². The Morgan fingerprint density at radius 2 is 1.85 bits per heavy atom. The second-order valence-corrected chi connectivity index (χ2v) is 8.38. The SMILES string of the molecule is CCOc1ccc2nc(N3C(=O)C(=O)C(=C(O)c4ccccc4)C3c3ccncc3)sc2c1. The van der Waals surface area contributed by atoms with Crippen LogP contribution in [0.5, 0.6) is 5.75 Å². The van der Waals surface area contributed by atoms with Gasteiger partial charge in [0.2, 0.25) is 0 Å². The quantitative estimate of drug-likeness (QED) is 0.265. The number of Topliss-reactive ketones (excluding diaryl/α,β-unsaturated/α-hetero) is 1. The second-order valence-electron chi connectivity index (χ2n) is 7.37. The molecule has 1 fully saturated rings. The predicted octanol–water partition coefficient (Wildman–Crippen LogP) is 4.72. The molecule has 0 radical (unpaired) electrons. The molecule has 7 nitrogen and oxygen atoms in total. The van der Waals surface area contributed by atoms with Gasteiger partial charge in [-0.25, -0.2) is 4.98 Å². The number of carbonyl (C=O) groups excluding carboxylic acids is 2. The number of thiazole rings is 1. The molecule has 0 aliphatic carbocycles. The van der Waals surface area contributed by atoms with E-state index in [0.29, 0.717) is 34.1 Å². The number of aromatic nitrogens is 2. The summed E-state index contributed by atoms with van der Waals surface area (Å²) in [6, 6.07) is 16.8. The number of aliphatic hydroxyl groups is 1. The van der Waals surface area contributed by atoms with Crippen LogP contribution < -0.4 is 9.64 Å². The summed E-state index contributed by atoms with van der Waals surface area (Å²) in [4.78, 5) is 36.4. The third-order valence-electron chi connectivity index (χ3n) is 5.38. The van der Waals surface area contributed by atoms with Gasteiger partial charge in [-0.2, -0.15) is 0 Å². The summed E-state index contributed by atoms with van der Waals surface area (Å²) in [6.07, 6.45) is 3.18. The molecule has 1 unspecified atom stereocenters. The van der Waals surface area contributed by atoms with Crippen molar-refractivity contribution in [2.75, 3.05) is 11.5 Å². The highest BCUT2D eigenvalue weighted by Crippen LogP contribution is 2.44. The number of benzene rings is 2. The molecule has 1 N–H and O–H groups in total. The van der Waals surface area contributed by atoms with Crippen molar-refractivity contribution in [3.63, 3.8) is 0 Å². The molecule has 8 heteroatoms. The van der Waals surface area contributed by atoms with Gasteiger partial charge in [0.15, 0.2) is 5.13 Å². The van der Waals surface area contributed by atoms with E-state index in [9.17, 15) is 14.7 Å². The first-order chi connectivity index (χ1) is 16.1. The van der Waals surface area contributed by atoms with Gasteiger partial charge in [0.1, 0.15) is 11.5 Å². The lowest BCUT2D eigenvalue weighted by molar-refractivity contribution is -0.132. The molecule has 1 aliphatic heterocycles. The van der Waals surface area contributed by atoms with Crippen LogP contribution in [0.4, 0.5) is 5.13 Å². The highest BCUT2D eigenvalue weighted by molar-refractivity contribution is 7.22. The summed E-state index contributed by atoms with van der Waals surface area (Å²) in [5.74, 6) is -1.01. The van der Waals surface area contributed by atoms with Gasteiger partial charge in [-0.15, -0.1) is 0 Å². The number of rotatable bonds is 5. The van der Waals surface area contributed by atoms with Gasteiger partial charge in [-0.1, -0.05) is 41.7 Å². The molecule has 2 aromatic carbocycles. The van der Waals surface area contributed by atoms with E-state index in [1.54, 1.807) is 48.8 Å². The van der Waals surface area contributed by atoms with E-state index in [1.165, 1.54) is 16.2 Å². The predicted molar refractivity (Wildman–Crippen MR) is 126 cm³/mol. The first kappa shape index (κ1) is 20.8. The summed E-state index contributed by atoms with van der Waals surface area (Å²) < 4.78 is 6.40. The van der Waals surface area contributed by atoms with Crippen molar-refractivity contribution >= 4 is 44.1 Å².